The Bertz CT molecular complexity index is 1360. The molecule has 0 fully saturated rings. The number of Topliss-reactive ketones (excluding diaryl/α,β-unsaturated/α-hetero) is 1. The quantitative estimate of drug-likeness (QED) is 0.239. The van der Waals surface area contributed by atoms with Crippen LogP contribution in [0, 0.1) is 0 Å². The molecule has 0 radical (unpaired) electrons. The van der Waals surface area contributed by atoms with Crippen molar-refractivity contribution < 1.29 is 67.4 Å². The number of carbonyl (C=O) groups is 1. The molecule has 0 aliphatic heterocycles. The number of H-pyrrole nitrogens is 1. The van der Waals surface area contributed by atoms with Crippen molar-refractivity contribution in [3.05, 3.63) is 75.1 Å². The number of carbonyl (C=O) groups excluding carboxylic acids is 1. The summed E-state index contributed by atoms with van der Waals surface area (Å²) in [6.45, 7) is 3.55. The number of ether oxygens (including phenoxy) is 1. The minimum absolute atomic E-state index is 0. The van der Waals surface area contributed by atoms with Gasteiger partial charge in [0.2, 0.25) is 0 Å². The van der Waals surface area contributed by atoms with Gasteiger partial charge in [0, 0.05) is 35.5 Å². The first-order valence-corrected chi connectivity index (χ1v) is 10.7. The fraction of sp³-hybridized carbons (Fsp3) is 0.304. The minimum atomic E-state index is -0.204. The molecule has 2 N–H and O–H groups in total. The van der Waals surface area contributed by atoms with Gasteiger partial charge in [-0.25, -0.2) is 4.98 Å². The van der Waals surface area contributed by atoms with E-state index in [1.54, 1.807) is 30.6 Å². The van der Waals surface area contributed by atoms with Crippen molar-refractivity contribution in [2.24, 2.45) is 0 Å². The van der Waals surface area contributed by atoms with Gasteiger partial charge in [0.05, 0.1) is 5.56 Å². The number of nitrogens with zero attached hydrogens (tertiary/aromatic N) is 5. The summed E-state index contributed by atoms with van der Waals surface area (Å²) in [7, 11) is 0. The van der Waals surface area contributed by atoms with Crippen LogP contribution in [-0.4, -0.2) is 40.9 Å². The van der Waals surface area contributed by atoms with Crippen LogP contribution in [0.3, 0.4) is 0 Å². The Balaban J connectivity index is 0.00000216. The average molecular weight is 489 g/mol. The molecule has 0 saturated carbocycles. The van der Waals surface area contributed by atoms with Gasteiger partial charge < -0.3 is 11.3 Å². The van der Waals surface area contributed by atoms with E-state index in [0.29, 0.717) is 47.6 Å². The topological polar surface area (TPSA) is 135 Å². The maximum atomic E-state index is 13.0. The van der Waals surface area contributed by atoms with Crippen molar-refractivity contribution in [3.63, 3.8) is 0 Å². The molecule has 0 bridgehead atoms. The van der Waals surface area contributed by atoms with Crippen LogP contribution in [0.1, 0.15) is 54.6 Å². The average Bonchev–Trinajstić information content (AvgIpc) is 3.33. The summed E-state index contributed by atoms with van der Waals surface area (Å²) in [5, 5.41) is 24.3. The molecular formula is C23H25KN6O4. The normalized spacial score (nSPS) is 10.8. The number of rotatable bonds is 9. The van der Waals surface area contributed by atoms with E-state index in [1.807, 2.05) is 13.0 Å². The Morgan fingerprint density at radius 2 is 2.03 bits per heavy atom. The number of fused-ring (bicyclic) bond motifs is 1. The summed E-state index contributed by atoms with van der Waals surface area (Å²) in [4.78, 5) is 29.2. The molecule has 4 aromatic rings. The zero-order valence-electron chi connectivity index (χ0n) is 20.4. The number of aromatic amines is 1. The molecule has 0 atom stereocenters. The number of hydrogen-bond acceptors (Lipinski definition) is 8. The second kappa shape index (κ2) is 11.8. The van der Waals surface area contributed by atoms with Crippen LogP contribution < -0.4 is 61.7 Å². The van der Waals surface area contributed by atoms with Gasteiger partial charge in [-0.05, 0) is 38.0 Å². The van der Waals surface area contributed by atoms with E-state index in [0.717, 1.165) is 12.0 Å². The number of pyridine rings is 1. The van der Waals surface area contributed by atoms with Gasteiger partial charge in [-0.1, -0.05) is 24.6 Å². The fourth-order valence-corrected chi connectivity index (χ4v) is 3.71. The summed E-state index contributed by atoms with van der Waals surface area (Å²) >= 11 is 0. The summed E-state index contributed by atoms with van der Waals surface area (Å²) in [6, 6.07) is 6.86. The number of phenolic OH excluding ortho intramolecular Hbond substituents is 1. The van der Waals surface area contributed by atoms with Crippen molar-refractivity contribution in [2.45, 2.75) is 46.1 Å². The zero-order valence-corrected chi connectivity index (χ0v) is 22.5. The number of tetrazole rings is 1. The van der Waals surface area contributed by atoms with E-state index < -0.39 is 0 Å². The van der Waals surface area contributed by atoms with E-state index in [1.165, 1.54) is 11.3 Å². The number of aryl methyl sites for hydroxylation is 2. The van der Waals surface area contributed by atoms with Crippen molar-refractivity contribution in [3.8, 4) is 11.5 Å². The van der Waals surface area contributed by atoms with E-state index in [4.69, 9.17) is 4.74 Å². The first-order valence-electron chi connectivity index (χ1n) is 10.7. The van der Waals surface area contributed by atoms with E-state index in [9.17, 15) is 14.7 Å². The molecule has 0 aliphatic rings. The van der Waals surface area contributed by atoms with Crippen molar-refractivity contribution >= 4 is 11.4 Å². The first kappa shape index (κ1) is 26.2. The van der Waals surface area contributed by atoms with Crippen molar-refractivity contribution in [1.29, 1.82) is 0 Å². The van der Waals surface area contributed by atoms with Crippen LogP contribution in [0.2, 0.25) is 0 Å². The van der Waals surface area contributed by atoms with Crippen molar-refractivity contribution in [1.82, 2.24) is 30.0 Å². The maximum absolute atomic E-state index is 13.0. The van der Waals surface area contributed by atoms with E-state index in [2.05, 4.69) is 25.6 Å². The van der Waals surface area contributed by atoms with E-state index in [-0.39, 0.29) is 82.1 Å². The Kier molecular flexibility index (Phi) is 9.08. The third-order valence-electron chi connectivity index (χ3n) is 5.39. The Morgan fingerprint density at radius 3 is 2.74 bits per heavy atom. The van der Waals surface area contributed by atoms with Gasteiger partial charge in [0.1, 0.15) is 23.8 Å². The molecule has 1 aromatic carbocycles. The van der Waals surface area contributed by atoms with Gasteiger partial charge in [0.15, 0.2) is 11.6 Å². The summed E-state index contributed by atoms with van der Waals surface area (Å²) < 4.78 is 7.51. The Hall–Kier alpha value is -2.44. The van der Waals surface area contributed by atoms with Gasteiger partial charge in [-0.15, -0.1) is 10.2 Å². The smallest absolute Gasteiger partial charge is 1.00 e. The zero-order chi connectivity index (χ0) is 23.4. The Labute approximate surface area is 239 Å². The van der Waals surface area contributed by atoms with Crippen LogP contribution in [0.4, 0.5) is 0 Å². The standard InChI is InChI=1S/C23H24N6O4.K.H/c1-3-5-18-19(9-8-17(14(2)30)21(18)31)33-13-16-6-4-11-29-22(16)24-12-15(23(29)32)7-10-20-25-27-28-26-20;;/h4,6,8-9,11-12,31H,3,5,7,10,13H2,1-2H3,(H,25,26,27,28);;/q;+1;-1. The first-order chi connectivity index (χ1) is 16.0. The number of nitrogens with one attached hydrogen (secondary N) is 1. The minimum Gasteiger partial charge on any atom is -1.00 e. The van der Waals surface area contributed by atoms with Crippen LogP contribution >= 0.6 is 0 Å². The molecule has 3 heterocycles. The van der Waals surface area contributed by atoms with Crippen LogP contribution in [0.25, 0.3) is 5.65 Å². The predicted molar refractivity (Wildman–Crippen MR) is 121 cm³/mol. The number of aromatic nitrogens is 6. The molecule has 0 unspecified atom stereocenters. The molecule has 172 valence electrons. The fourth-order valence-electron chi connectivity index (χ4n) is 3.71. The summed E-state index contributed by atoms with van der Waals surface area (Å²) in [5.74, 6) is 0.786. The van der Waals surface area contributed by atoms with Crippen LogP contribution in [0.5, 0.6) is 11.5 Å². The maximum Gasteiger partial charge on any atom is 1.00 e. The molecule has 0 amide bonds. The predicted octanol–water partition coefficient (Wildman–Crippen LogP) is -0.451. The largest absolute Gasteiger partial charge is 1.00 e. The SMILES string of the molecule is CCCc1c(OCc2cccn3c(=O)c(CCc4nn[nH]n4)cnc23)ccc(C(C)=O)c1O.[H-].[K+]. The molecule has 0 saturated heterocycles. The number of ketones is 1. The van der Waals surface area contributed by atoms with Crippen LogP contribution in [-0.2, 0) is 25.9 Å². The van der Waals surface area contributed by atoms with E-state index >= 15 is 0 Å². The van der Waals surface area contributed by atoms with Crippen LogP contribution in [0.15, 0.2) is 41.5 Å². The molecule has 11 heteroatoms. The second-order valence-corrected chi connectivity index (χ2v) is 7.68. The molecule has 0 aliphatic carbocycles. The number of hydrogen-bond donors (Lipinski definition) is 2. The van der Waals surface area contributed by atoms with Gasteiger partial charge >= 0.3 is 51.4 Å². The third-order valence-corrected chi connectivity index (χ3v) is 5.39. The molecule has 3 aromatic heterocycles. The Morgan fingerprint density at radius 1 is 1.21 bits per heavy atom. The summed E-state index contributed by atoms with van der Waals surface area (Å²) in [5.41, 5.74) is 2.46. The monoisotopic (exact) mass is 488 g/mol. The van der Waals surface area contributed by atoms with Crippen molar-refractivity contribution in [2.75, 3.05) is 0 Å². The third kappa shape index (κ3) is 5.61. The van der Waals surface area contributed by atoms with Gasteiger partial charge in [-0.2, -0.15) is 5.21 Å². The van der Waals surface area contributed by atoms with Gasteiger partial charge in [0.25, 0.3) is 5.56 Å². The second-order valence-electron chi connectivity index (χ2n) is 7.68. The number of phenols is 1. The molecule has 4 rings (SSSR count). The summed E-state index contributed by atoms with van der Waals surface area (Å²) in [6.07, 6.45) is 5.50. The van der Waals surface area contributed by atoms with Gasteiger partial charge in [-0.3, -0.25) is 14.0 Å². The number of aromatic hydroxyl groups is 1. The molecule has 34 heavy (non-hydrogen) atoms. The molecule has 0 spiro atoms. The number of benzene rings is 1. The molecular weight excluding hydrogens is 463 g/mol. The molecule has 10 nitrogen and oxygen atoms in total.